The normalized spacial score (nSPS) is 10.0. The highest BCUT2D eigenvalue weighted by Crippen LogP contribution is 2.39. The number of nitrogens with one attached hydrogen (secondary N) is 1. The van der Waals surface area contributed by atoms with Gasteiger partial charge in [0.1, 0.15) is 23.3 Å². The first-order valence-electron chi connectivity index (χ1n) is 6.14. The number of hydrogen-bond donors (Lipinski definition) is 1. The maximum atomic E-state index is 14.3. The minimum atomic E-state index is -1.80. The lowest BCUT2D eigenvalue weighted by Crippen LogP contribution is -2.07. The Hall–Kier alpha value is -2.82. The number of benzene rings is 2. The van der Waals surface area contributed by atoms with Crippen molar-refractivity contribution in [3.05, 3.63) is 60.3 Å². The molecule has 0 fully saturated rings. The Morgan fingerprint density at radius 1 is 1.08 bits per heavy atom. The summed E-state index contributed by atoms with van der Waals surface area (Å²) < 4.78 is 41.8. The third kappa shape index (κ3) is 3.22. The van der Waals surface area contributed by atoms with Crippen molar-refractivity contribution in [2.45, 2.75) is 0 Å². The van der Waals surface area contributed by atoms with Crippen LogP contribution in [0.1, 0.15) is 11.1 Å². The maximum absolute atomic E-state index is 14.3. The average molecular weight is 432 g/mol. The number of nitriles is 2. The number of anilines is 2. The van der Waals surface area contributed by atoms with Crippen molar-refractivity contribution in [2.24, 2.45) is 0 Å². The van der Waals surface area contributed by atoms with Crippen LogP contribution in [0.3, 0.4) is 0 Å². The molecular formula is C14H3BrClF3N4O2. The number of hydrogen-bond acceptors (Lipinski definition) is 5. The van der Waals surface area contributed by atoms with E-state index in [1.807, 2.05) is 0 Å². The summed E-state index contributed by atoms with van der Waals surface area (Å²) in [7, 11) is 0. The van der Waals surface area contributed by atoms with E-state index in [4.69, 9.17) is 22.1 Å². The van der Waals surface area contributed by atoms with Gasteiger partial charge in [-0.1, -0.05) is 11.6 Å². The van der Waals surface area contributed by atoms with Gasteiger partial charge in [0.25, 0.3) is 5.69 Å². The molecule has 6 nitrogen and oxygen atoms in total. The summed E-state index contributed by atoms with van der Waals surface area (Å²) in [4.78, 5) is 10.0. The lowest BCUT2D eigenvalue weighted by Gasteiger charge is -2.14. The second-order valence-electron chi connectivity index (χ2n) is 4.46. The minimum Gasteiger partial charge on any atom is -0.350 e. The molecule has 0 bridgehead atoms. The summed E-state index contributed by atoms with van der Waals surface area (Å²) in [6, 6.07) is 4.42. The quantitative estimate of drug-likeness (QED) is 0.422. The number of non-ortho nitro benzene ring substituents is 1. The van der Waals surface area contributed by atoms with Crippen LogP contribution in [0.4, 0.5) is 30.2 Å². The molecule has 0 atom stereocenters. The monoisotopic (exact) mass is 430 g/mol. The molecule has 0 saturated heterocycles. The summed E-state index contributed by atoms with van der Waals surface area (Å²) in [6.45, 7) is 0. The molecule has 0 unspecified atom stereocenters. The van der Waals surface area contributed by atoms with Gasteiger partial charge in [-0.25, -0.2) is 13.2 Å². The van der Waals surface area contributed by atoms with Crippen molar-refractivity contribution in [3.8, 4) is 12.1 Å². The van der Waals surface area contributed by atoms with Crippen molar-refractivity contribution in [1.82, 2.24) is 0 Å². The topological polar surface area (TPSA) is 103 Å². The van der Waals surface area contributed by atoms with Crippen LogP contribution in [0.5, 0.6) is 0 Å². The summed E-state index contributed by atoms with van der Waals surface area (Å²) in [5, 5.41) is 30.5. The Bertz CT molecular complexity index is 978. The van der Waals surface area contributed by atoms with E-state index in [-0.39, 0.29) is 20.9 Å². The molecule has 2 rings (SSSR count). The van der Waals surface area contributed by atoms with Gasteiger partial charge in [0.15, 0.2) is 17.5 Å². The molecule has 2 aromatic rings. The molecule has 0 saturated carbocycles. The summed E-state index contributed by atoms with van der Waals surface area (Å²) in [5.41, 5.74) is -3.60. The molecule has 0 spiro atoms. The first-order chi connectivity index (χ1) is 11.7. The number of nitro benzene ring substituents is 1. The summed E-state index contributed by atoms with van der Waals surface area (Å²) >= 11 is 8.86. The zero-order valence-corrected chi connectivity index (χ0v) is 14.0. The fraction of sp³-hybridized carbons (Fsp3) is 0. The molecule has 2 aromatic carbocycles. The van der Waals surface area contributed by atoms with E-state index in [1.54, 1.807) is 0 Å². The van der Waals surface area contributed by atoms with Crippen molar-refractivity contribution in [1.29, 1.82) is 10.5 Å². The van der Waals surface area contributed by atoms with Gasteiger partial charge in [-0.15, -0.1) is 0 Å². The molecule has 25 heavy (non-hydrogen) atoms. The Labute approximate surface area is 151 Å². The van der Waals surface area contributed by atoms with E-state index in [1.165, 1.54) is 6.07 Å². The van der Waals surface area contributed by atoms with Gasteiger partial charge in [-0.05, 0) is 15.9 Å². The largest absolute Gasteiger partial charge is 0.350 e. The van der Waals surface area contributed by atoms with Gasteiger partial charge >= 0.3 is 0 Å². The fourth-order valence-corrected chi connectivity index (χ4v) is 2.81. The standard InChI is InChI=1S/C14H3BrClF3N4O2/c15-8-1-5(23(24)25)2-9(16)14(8)22-13-7(4-21)11(18)10(17)6(3-20)12(13)19/h1-2,22H. The van der Waals surface area contributed by atoms with E-state index < -0.39 is 39.2 Å². The smallest absolute Gasteiger partial charge is 0.272 e. The Morgan fingerprint density at radius 2 is 1.64 bits per heavy atom. The minimum absolute atomic E-state index is 0.00164. The Balaban J connectivity index is 2.71. The molecule has 1 N–H and O–H groups in total. The molecular weight excluding hydrogens is 429 g/mol. The molecule has 0 radical (unpaired) electrons. The highest BCUT2D eigenvalue weighted by atomic mass is 79.9. The molecule has 126 valence electrons. The van der Waals surface area contributed by atoms with E-state index in [2.05, 4.69) is 21.2 Å². The van der Waals surface area contributed by atoms with E-state index in [0.29, 0.717) is 0 Å². The lowest BCUT2D eigenvalue weighted by atomic mass is 10.1. The summed E-state index contributed by atoms with van der Waals surface area (Å²) in [6.07, 6.45) is 0. The van der Waals surface area contributed by atoms with Gasteiger partial charge in [0.2, 0.25) is 0 Å². The predicted octanol–water partition coefficient (Wildman–Crippen LogP) is 4.91. The van der Waals surface area contributed by atoms with Crippen LogP contribution in [0, 0.1) is 50.2 Å². The maximum Gasteiger partial charge on any atom is 0.272 e. The zero-order chi connectivity index (χ0) is 18.9. The molecule has 0 aliphatic heterocycles. The second-order valence-corrected chi connectivity index (χ2v) is 5.72. The number of nitro groups is 1. The highest BCUT2D eigenvalue weighted by Gasteiger charge is 2.26. The first kappa shape index (κ1) is 18.5. The van der Waals surface area contributed by atoms with E-state index >= 15 is 0 Å². The van der Waals surface area contributed by atoms with Gasteiger partial charge < -0.3 is 5.32 Å². The lowest BCUT2D eigenvalue weighted by molar-refractivity contribution is -0.384. The van der Waals surface area contributed by atoms with E-state index in [9.17, 15) is 23.3 Å². The van der Waals surface area contributed by atoms with Crippen molar-refractivity contribution < 1.29 is 18.1 Å². The molecule has 0 aliphatic rings. The van der Waals surface area contributed by atoms with Crippen LogP contribution in [0.15, 0.2) is 16.6 Å². The van der Waals surface area contributed by atoms with Gasteiger partial charge in [0, 0.05) is 16.6 Å². The molecule has 11 heteroatoms. The average Bonchev–Trinajstić information content (AvgIpc) is 2.55. The second kappa shape index (κ2) is 6.97. The van der Waals surface area contributed by atoms with Crippen LogP contribution >= 0.6 is 27.5 Å². The first-order valence-corrected chi connectivity index (χ1v) is 7.31. The van der Waals surface area contributed by atoms with Crippen LogP contribution in [0.25, 0.3) is 0 Å². The SMILES string of the molecule is N#Cc1c(F)c(F)c(C#N)c(Nc2c(Cl)cc([N+](=O)[O-])cc2Br)c1F. The highest BCUT2D eigenvalue weighted by molar-refractivity contribution is 9.10. The summed E-state index contributed by atoms with van der Waals surface area (Å²) in [5.74, 6) is -5.01. The van der Waals surface area contributed by atoms with Crippen molar-refractivity contribution in [3.63, 3.8) is 0 Å². The molecule has 0 amide bonds. The predicted molar refractivity (Wildman–Crippen MR) is 84.8 cm³/mol. The van der Waals surface area contributed by atoms with Gasteiger partial charge in [-0.3, -0.25) is 10.1 Å². The molecule has 0 aliphatic carbocycles. The Morgan fingerprint density at radius 3 is 2.12 bits per heavy atom. The van der Waals surface area contributed by atoms with Crippen LogP contribution in [-0.4, -0.2) is 4.92 Å². The van der Waals surface area contributed by atoms with Crippen LogP contribution < -0.4 is 5.32 Å². The van der Waals surface area contributed by atoms with Crippen LogP contribution in [0.2, 0.25) is 5.02 Å². The van der Waals surface area contributed by atoms with Crippen molar-refractivity contribution in [2.75, 3.05) is 5.32 Å². The van der Waals surface area contributed by atoms with Gasteiger partial charge in [-0.2, -0.15) is 10.5 Å². The third-order valence-electron chi connectivity index (χ3n) is 3.03. The fourth-order valence-electron chi connectivity index (χ4n) is 1.89. The molecule has 0 aromatic heterocycles. The van der Waals surface area contributed by atoms with Crippen molar-refractivity contribution >= 4 is 44.6 Å². The zero-order valence-electron chi connectivity index (χ0n) is 11.7. The third-order valence-corrected chi connectivity index (χ3v) is 3.96. The number of halogens is 5. The Kier molecular flexibility index (Phi) is 5.16. The van der Waals surface area contributed by atoms with Gasteiger partial charge in [0.05, 0.1) is 21.3 Å². The van der Waals surface area contributed by atoms with E-state index in [0.717, 1.165) is 18.2 Å². The number of nitrogens with zero attached hydrogens (tertiary/aromatic N) is 3. The van der Waals surface area contributed by atoms with Crippen LogP contribution in [-0.2, 0) is 0 Å². The number of rotatable bonds is 3. The molecule has 0 heterocycles.